The lowest BCUT2D eigenvalue weighted by Gasteiger charge is -2.25. The number of nitrogens with zero attached hydrogens (tertiary/aromatic N) is 4. The maximum atomic E-state index is 13.8. The van der Waals surface area contributed by atoms with Crippen molar-refractivity contribution in [2.75, 3.05) is 11.4 Å². The third-order valence-corrected chi connectivity index (χ3v) is 5.19. The molecule has 0 amide bonds. The van der Waals surface area contributed by atoms with Crippen molar-refractivity contribution in [2.45, 2.75) is 18.9 Å². The van der Waals surface area contributed by atoms with Crippen molar-refractivity contribution < 1.29 is 8.78 Å². The molecule has 1 N–H and O–H groups in total. The molecular formula is C19H14ClF2N5. The second kappa shape index (κ2) is 6.13. The number of hydrogen-bond acceptors (Lipinski definition) is 4. The van der Waals surface area contributed by atoms with Gasteiger partial charge in [-0.25, -0.2) is 23.7 Å². The van der Waals surface area contributed by atoms with Gasteiger partial charge in [-0.1, -0.05) is 11.6 Å². The number of anilines is 1. The standard InChI is InChI=1S/C19H14ClF2N5/c20-10-3-4-14-16(6-10)26-18(25-14)17-2-1-5-27(17)19-11-7-12(21)13(22)8-15(11)23-9-24-19/h3-4,6-9,17H,1-2,5H2,(H,25,26)/t17-/m0/s1. The highest BCUT2D eigenvalue weighted by molar-refractivity contribution is 6.31. The Bertz CT molecular complexity index is 1180. The first kappa shape index (κ1) is 16.4. The van der Waals surface area contributed by atoms with Gasteiger partial charge in [0.1, 0.15) is 18.0 Å². The number of H-pyrrole nitrogens is 1. The monoisotopic (exact) mass is 385 g/mol. The maximum Gasteiger partial charge on any atom is 0.161 e. The van der Waals surface area contributed by atoms with Crippen LogP contribution in [-0.4, -0.2) is 26.5 Å². The molecule has 0 unspecified atom stereocenters. The van der Waals surface area contributed by atoms with Crippen LogP contribution in [0.25, 0.3) is 21.9 Å². The zero-order valence-corrected chi connectivity index (χ0v) is 14.8. The minimum atomic E-state index is -0.917. The van der Waals surface area contributed by atoms with Gasteiger partial charge in [0.2, 0.25) is 0 Å². The summed E-state index contributed by atoms with van der Waals surface area (Å²) >= 11 is 6.06. The van der Waals surface area contributed by atoms with E-state index < -0.39 is 11.6 Å². The molecule has 0 radical (unpaired) electrons. The Hall–Kier alpha value is -2.80. The van der Waals surface area contributed by atoms with E-state index in [0.717, 1.165) is 48.4 Å². The lowest BCUT2D eigenvalue weighted by atomic mass is 10.2. The van der Waals surface area contributed by atoms with E-state index in [1.165, 1.54) is 6.33 Å². The summed E-state index contributed by atoms with van der Waals surface area (Å²) in [6.45, 7) is 0.744. The lowest BCUT2D eigenvalue weighted by molar-refractivity contribution is 0.510. The highest BCUT2D eigenvalue weighted by atomic mass is 35.5. The van der Waals surface area contributed by atoms with Crippen LogP contribution in [-0.2, 0) is 0 Å². The number of aromatic nitrogens is 4. The van der Waals surface area contributed by atoms with Gasteiger partial charge in [-0.2, -0.15) is 0 Å². The van der Waals surface area contributed by atoms with Crippen molar-refractivity contribution in [2.24, 2.45) is 0 Å². The van der Waals surface area contributed by atoms with Crippen LogP contribution in [0.4, 0.5) is 14.6 Å². The van der Waals surface area contributed by atoms with Gasteiger partial charge in [0, 0.05) is 23.0 Å². The highest BCUT2D eigenvalue weighted by Gasteiger charge is 2.31. The fourth-order valence-electron chi connectivity index (χ4n) is 3.73. The Morgan fingerprint density at radius 2 is 1.93 bits per heavy atom. The molecule has 5 rings (SSSR count). The summed E-state index contributed by atoms with van der Waals surface area (Å²) in [6, 6.07) is 7.73. The van der Waals surface area contributed by atoms with Gasteiger partial charge in [-0.05, 0) is 37.1 Å². The van der Waals surface area contributed by atoms with Crippen molar-refractivity contribution in [3.05, 3.63) is 59.1 Å². The Labute approximate surface area is 158 Å². The Kier molecular flexibility index (Phi) is 3.72. The van der Waals surface area contributed by atoms with Gasteiger partial charge in [0.15, 0.2) is 11.6 Å². The predicted octanol–water partition coefficient (Wildman–Crippen LogP) is 4.78. The fraction of sp³-hybridized carbons (Fsp3) is 0.211. The second-order valence-corrected chi connectivity index (χ2v) is 7.05. The Morgan fingerprint density at radius 1 is 1.07 bits per heavy atom. The van der Waals surface area contributed by atoms with Gasteiger partial charge in [-0.15, -0.1) is 0 Å². The average Bonchev–Trinajstić information content (AvgIpc) is 3.28. The number of fused-ring (bicyclic) bond motifs is 2. The van der Waals surface area contributed by atoms with E-state index in [2.05, 4.69) is 24.8 Å². The predicted molar refractivity (Wildman–Crippen MR) is 99.9 cm³/mol. The quantitative estimate of drug-likeness (QED) is 0.539. The molecule has 2 aromatic carbocycles. The Balaban J connectivity index is 1.62. The molecule has 3 heterocycles. The normalized spacial score (nSPS) is 17.3. The van der Waals surface area contributed by atoms with E-state index in [4.69, 9.17) is 11.6 Å². The first-order valence-electron chi connectivity index (χ1n) is 8.62. The fourth-order valence-corrected chi connectivity index (χ4v) is 3.90. The Morgan fingerprint density at radius 3 is 2.81 bits per heavy atom. The number of aromatic amines is 1. The minimum Gasteiger partial charge on any atom is -0.346 e. The first-order valence-corrected chi connectivity index (χ1v) is 8.99. The van der Waals surface area contributed by atoms with Crippen molar-refractivity contribution in [1.82, 2.24) is 19.9 Å². The van der Waals surface area contributed by atoms with Crippen molar-refractivity contribution in [3.63, 3.8) is 0 Å². The largest absolute Gasteiger partial charge is 0.346 e. The molecular weight excluding hydrogens is 372 g/mol. The SMILES string of the molecule is Fc1cc2ncnc(N3CCC[C@H]3c3nc4ccc(Cl)cc4[nH]3)c2cc1F. The van der Waals surface area contributed by atoms with Gasteiger partial charge >= 0.3 is 0 Å². The molecule has 0 spiro atoms. The third kappa shape index (κ3) is 2.70. The third-order valence-electron chi connectivity index (χ3n) is 4.96. The second-order valence-electron chi connectivity index (χ2n) is 6.62. The van der Waals surface area contributed by atoms with E-state index >= 15 is 0 Å². The van der Waals surface area contributed by atoms with Crippen molar-refractivity contribution in [3.8, 4) is 0 Å². The molecule has 1 aliphatic heterocycles. The molecule has 5 nitrogen and oxygen atoms in total. The van der Waals surface area contributed by atoms with Gasteiger partial charge in [0.25, 0.3) is 0 Å². The zero-order chi connectivity index (χ0) is 18.5. The van der Waals surface area contributed by atoms with E-state index in [9.17, 15) is 8.78 Å². The smallest absolute Gasteiger partial charge is 0.161 e. The number of hydrogen-bond donors (Lipinski definition) is 1. The van der Waals surface area contributed by atoms with Crippen LogP contribution in [0.1, 0.15) is 24.7 Å². The number of benzene rings is 2. The van der Waals surface area contributed by atoms with Crippen molar-refractivity contribution in [1.29, 1.82) is 0 Å². The van der Waals surface area contributed by atoms with Crippen LogP contribution in [0.5, 0.6) is 0 Å². The van der Waals surface area contributed by atoms with E-state index in [1.54, 1.807) is 6.07 Å². The number of rotatable bonds is 2. The van der Waals surface area contributed by atoms with Crippen LogP contribution in [0, 0.1) is 11.6 Å². The topological polar surface area (TPSA) is 57.7 Å². The number of nitrogens with one attached hydrogen (secondary N) is 1. The number of imidazole rings is 1. The summed E-state index contributed by atoms with van der Waals surface area (Å²) in [6.07, 6.45) is 3.20. The first-order chi connectivity index (χ1) is 13.1. The van der Waals surface area contributed by atoms with Crippen LogP contribution < -0.4 is 4.90 Å². The summed E-state index contributed by atoms with van der Waals surface area (Å²) in [5.41, 5.74) is 2.08. The summed E-state index contributed by atoms with van der Waals surface area (Å²) in [4.78, 5) is 18.5. The maximum absolute atomic E-state index is 13.8. The number of halogens is 3. The minimum absolute atomic E-state index is 0.0395. The average molecular weight is 386 g/mol. The molecule has 1 fully saturated rings. The van der Waals surface area contributed by atoms with E-state index in [-0.39, 0.29) is 6.04 Å². The molecule has 2 aromatic heterocycles. The molecule has 27 heavy (non-hydrogen) atoms. The molecule has 1 saturated heterocycles. The molecule has 0 bridgehead atoms. The molecule has 1 aliphatic rings. The summed E-state index contributed by atoms with van der Waals surface area (Å²) < 4.78 is 27.4. The molecule has 0 aliphatic carbocycles. The molecule has 8 heteroatoms. The molecule has 136 valence electrons. The molecule has 0 saturated carbocycles. The lowest BCUT2D eigenvalue weighted by Crippen LogP contribution is -2.24. The molecule has 4 aromatic rings. The van der Waals surface area contributed by atoms with E-state index in [0.29, 0.717) is 21.7 Å². The highest BCUT2D eigenvalue weighted by Crippen LogP contribution is 2.37. The van der Waals surface area contributed by atoms with Crippen LogP contribution >= 0.6 is 11.6 Å². The van der Waals surface area contributed by atoms with Crippen LogP contribution in [0.15, 0.2) is 36.7 Å². The van der Waals surface area contributed by atoms with Crippen LogP contribution in [0.3, 0.4) is 0 Å². The summed E-state index contributed by atoms with van der Waals surface area (Å²) in [5, 5.41) is 1.13. The summed E-state index contributed by atoms with van der Waals surface area (Å²) in [7, 11) is 0. The van der Waals surface area contributed by atoms with Crippen molar-refractivity contribution >= 4 is 39.4 Å². The van der Waals surface area contributed by atoms with Gasteiger partial charge < -0.3 is 9.88 Å². The van der Waals surface area contributed by atoms with Gasteiger partial charge in [-0.3, -0.25) is 0 Å². The van der Waals surface area contributed by atoms with Gasteiger partial charge in [0.05, 0.1) is 22.6 Å². The summed E-state index contributed by atoms with van der Waals surface area (Å²) in [5.74, 6) is -0.439. The molecule has 1 atom stereocenters. The van der Waals surface area contributed by atoms with Crippen LogP contribution in [0.2, 0.25) is 5.02 Å². The zero-order valence-electron chi connectivity index (χ0n) is 14.1. The van der Waals surface area contributed by atoms with E-state index in [1.807, 2.05) is 12.1 Å².